The van der Waals surface area contributed by atoms with Crippen LogP contribution in [0.5, 0.6) is 5.75 Å². The van der Waals surface area contributed by atoms with E-state index in [1.807, 2.05) is 0 Å². The molecular weight excluding hydrogens is 359 g/mol. The molecule has 0 aliphatic rings. The number of aryl methyl sites for hydroxylation is 1. The van der Waals surface area contributed by atoms with Gasteiger partial charge < -0.3 is 15.4 Å². The Morgan fingerprint density at radius 3 is 2.61 bits per heavy atom. The maximum Gasteiger partial charge on any atom is 0.272 e. The number of hydrogen-bond donors (Lipinski definition) is 3. The highest BCUT2D eigenvalue weighted by Crippen LogP contribution is 2.33. The topological polar surface area (TPSA) is 65.1 Å². The molecule has 3 N–H and O–H groups in total. The normalized spacial score (nSPS) is 11.0. The highest BCUT2D eigenvalue weighted by molar-refractivity contribution is 6.39. The number of rotatable bonds is 2. The fourth-order valence-electron chi connectivity index (χ4n) is 2.43. The molecule has 0 fully saturated rings. The van der Waals surface area contributed by atoms with E-state index < -0.39 is 5.91 Å². The van der Waals surface area contributed by atoms with Crippen molar-refractivity contribution in [1.29, 1.82) is 0 Å². The van der Waals surface area contributed by atoms with Crippen molar-refractivity contribution in [1.82, 2.24) is 4.98 Å². The summed E-state index contributed by atoms with van der Waals surface area (Å²) in [6.07, 6.45) is 0. The van der Waals surface area contributed by atoms with Crippen LogP contribution in [0.1, 0.15) is 16.1 Å². The molecule has 3 aromatic rings. The number of aromatic nitrogens is 1. The Bertz CT molecular complexity index is 935. The van der Waals surface area contributed by atoms with E-state index >= 15 is 0 Å². The quantitative estimate of drug-likeness (QED) is 0.530. The smallest absolute Gasteiger partial charge is 0.272 e. The van der Waals surface area contributed by atoms with E-state index in [1.54, 1.807) is 19.1 Å². The van der Waals surface area contributed by atoms with Crippen molar-refractivity contribution in [2.24, 2.45) is 0 Å². The fourth-order valence-corrected chi connectivity index (χ4v) is 3.23. The van der Waals surface area contributed by atoms with Gasteiger partial charge in [-0.1, -0.05) is 34.8 Å². The molecule has 0 saturated carbocycles. The Morgan fingerprint density at radius 2 is 1.87 bits per heavy atom. The zero-order valence-corrected chi connectivity index (χ0v) is 14.1. The van der Waals surface area contributed by atoms with Gasteiger partial charge in [0.15, 0.2) is 0 Å². The number of carbonyl (C=O) groups excluding carboxylic acids is 1. The van der Waals surface area contributed by atoms with Crippen LogP contribution in [0.25, 0.3) is 10.9 Å². The largest absolute Gasteiger partial charge is 0.506 e. The summed E-state index contributed by atoms with van der Waals surface area (Å²) in [5, 5.41) is 14.5. The van der Waals surface area contributed by atoms with Gasteiger partial charge in [0, 0.05) is 20.9 Å². The van der Waals surface area contributed by atoms with Gasteiger partial charge in [0.2, 0.25) is 0 Å². The molecule has 0 saturated heterocycles. The molecule has 0 unspecified atom stereocenters. The van der Waals surface area contributed by atoms with Crippen LogP contribution in [0, 0.1) is 6.92 Å². The van der Waals surface area contributed by atoms with Crippen LogP contribution in [0.3, 0.4) is 0 Å². The Morgan fingerprint density at radius 1 is 1.13 bits per heavy atom. The number of carbonyl (C=O) groups is 1. The van der Waals surface area contributed by atoms with Gasteiger partial charge in [0.1, 0.15) is 11.4 Å². The minimum Gasteiger partial charge on any atom is -0.506 e. The number of fused-ring (bicyclic) bond motifs is 1. The van der Waals surface area contributed by atoms with Gasteiger partial charge >= 0.3 is 0 Å². The van der Waals surface area contributed by atoms with Crippen LogP contribution >= 0.6 is 34.8 Å². The molecule has 0 radical (unpaired) electrons. The van der Waals surface area contributed by atoms with Crippen molar-refractivity contribution in [3.05, 3.63) is 56.7 Å². The Labute approximate surface area is 147 Å². The standard InChI is InChI=1S/C16H11Cl3N2O2/c1-7-14-10(19)4-9(18)6-12(14)20-15(7)16(23)21-11-5-8(17)2-3-13(11)22/h2-6,20,22H,1H3,(H,21,23). The number of aromatic hydroxyl groups is 1. The molecule has 0 atom stereocenters. The summed E-state index contributed by atoms with van der Waals surface area (Å²) in [5.74, 6) is -0.485. The van der Waals surface area contributed by atoms with Gasteiger partial charge in [0.25, 0.3) is 5.91 Å². The summed E-state index contributed by atoms with van der Waals surface area (Å²) in [5.41, 5.74) is 1.93. The van der Waals surface area contributed by atoms with Crippen molar-refractivity contribution in [2.45, 2.75) is 6.92 Å². The zero-order chi connectivity index (χ0) is 16.7. The molecule has 4 nitrogen and oxygen atoms in total. The number of aromatic amines is 1. The van der Waals surface area contributed by atoms with E-state index in [4.69, 9.17) is 34.8 Å². The van der Waals surface area contributed by atoms with Gasteiger partial charge in [-0.2, -0.15) is 0 Å². The number of phenols is 1. The minimum absolute atomic E-state index is 0.0717. The lowest BCUT2D eigenvalue weighted by Gasteiger charge is -2.07. The number of H-pyrrole nitrogens is 1. The minimum atomic E-state index is -0.413. The monoisotopic (exact) mass is 368 g/mol. The van der Waals surface area contributed by atoms with E-state index in [0.717, 1.165) is 5.39 Å². The molecule has 1 heterocycles. The Balaban J connectivity index is 2.03. The average Bonchev–Trinajstić information content (AvgIpc) is 2.80. The highest BCUT2D eigenvalue weighted by atomic mass is 35.5. The number of amides is 1. The SMILES string of the molecule is Cc1c(C(=O)Nc2cc(Cl)ccc2O)[nH]c2cc(Cl)cc(Cl)c12. The van der Waals surface area contributed by atoms with Crippen LogP contribution in [-0.4, -0.2) is 16.0 Å². The average molecular weight is 370 g/mol. The van der Waals surface area contributed by atoms with Crippen LogP contribution in [0.4, 0.5) is 5.69 Å². The highest BCUT2D eigenvalue weighted by Gasteiger charge is 2.18. The number of halogens is 3. The molecule has 0 aliphatic heterocycles. The molecule has 3 rings (SSSR count). The van der Waals surface area contributed by atoms with E-state index in [9.17, 15) is 9.90 Å². The van der Waals surface area contributed by atoms with Gasteiger partial charge in [-0.25, -0.2) is 0 Å². The molecule has 0 spiro atoms. The molecule has 0 bridgehead atoms. The summed E-state index contributed by atoms with van der Waals surface area (Å²) < 4.78 is 0. The molecule has 118 valence electrons. The third kappa shape index (κ3) is 2.98. The second-order valence-electron chi connectivity index (χ2n) is 5.05. The van der Waals surface area contributed by atoms with Crippen molar-refractivity contribution in [3.8, 4) is 5.75 Å². The molecule has 0 aliphatic carbocycles. The van der Waals surface area contributed by atoms with E-state index in [2.05, 4.69) is 10.3 Å². The molecule has 2 aromatic carbocycles. The van der Waals surface area contributed by atoms with E-state index in [1.165, 1.54) is 18.2 Å². The lowest BCUT2D eigenvalue weighted by molar-refractivity contribution is 0.102. The maximum atomic E-state index is 12.5. The van der Waals surface area contributed by atoms with Gasteiger partial charge in [-0.3, -0.25) is 4.79 Å². The van der Waals surface area contributed by atoms with Gasteiger partial charge in [0.05, 0.1) is 10.7 Å². The van der Waals surface area contributed by atoms with Crippen LogP contribution in [-0.2, 0) is 0 Å². The maximum absolute atomic E-state index is 12.5. The summed E-state index contributed by atoms with van der Waals surface area (Å²) in [6, 6.07) is 7.73. The number of hydrogen-bond acceptors (Lipinski definition) is 2. The van der Waals surface area contributed by atoms with Crippen molar-refractivity contribution >= 4 is 57.3 Å². The third-order valence-corrected chi connectivity index (χ3v) is 4.25. The van der Waals surface area contributed by atoms with Gasteiger partial charge in [-0.15, -0.1) is 0 Å². The third-order valence-electron chi connectivity index (χ3n) is 3.50. The molecule has 1 amide bonds. The Hall–Kier alpha value is -1.88. The molecule has 7 heteroatoms. The fraction of sp³-hybridized carbons (Fsp3) is 0.0625. The first-order valence-corrected chi connectivity index (χ1v) is 7.77. The van der Waals surface area contributed by atoms with Crippen LogP contribution in [0.15, 0.2) is 30.3 Å². The summed E-state index contributed by atoms with van der Waals surface area (Å²) >= 11 is 18.1. The number of anilines is 1. The first kappa shape index (κ1) is 16.0. The molecule has 23 heavy (non-hydrogen) atoms. The van der Waals surface area contributed by atoms with Crippen molar-refractivity contribution < 1.29 is 9.90 Å². The lowest BCUT2D eigenvalue weighted by Crippen LogP contribution is -2.13. The lowest BCUT2D eigenvalue weighted by atomic mass is 10.1. The van der Waals surface area contributed by atoms with E-state index in [-0.39, 0.29) is 11.4 Å². The molecule has 1 aromatic heterocycles. The second kappa shape index (κ2) is 5.96. The summed E-state index contributed by atoms with van der Waals surface area (Å²) in [4.78, 5) is 15.5. The first-order chi connectivity index (χ1) is 10.9. The first-order valence-electron chi connectivity index (χ1n) is 6.64. The summed E-state index contributed by atoms with van der Waals surface area (Å²) in [6.45, 7) is 1.78. The van der Waals surface area contributed by atoms with Crippen LogP contribution in [0.2, 0.25) is 15.1 Å². The summed E-state index contributed by atoms with van der Waals surface area (Å²) in [7, 11) is 0. The molecular formula is C16H11Cl3N2O2. The number of nitrogens with one attached hydrogen (secondary N) is 2. The van der Waals surface area contributed by atoms with Gasteiger partial charge in [-0.05, 0) is 42.8 Å². The predicted octanol–water partition coefficient (Wildman–Crippen LogP) is 5.39. The van der Waals surface area contributed by atoms with Crippen molar-refractivity contribution in [3.63, 3.8) is 0 Å². The van der Waals surface area contributed by atoms with E-state index in [0.29, 0.717) is 31.8 Å². The predicted molar refractivity (Wildman–Crippen MR) is 94.1 cm³/mol. The number of phenolic OH excluding ortho intramolecular Hbond substituents is 1. The zero-order valence-electron chi connectivity index (χ0n) is 11.9. The Kier molecular flexibility index (Phi) is 4.15. The van der Waals surface area contributed by atoms with Crippen molar-refractivity contribution in [2.75, 3.05) is 5.32 Å². The number of benzene rings is 2. The van der Waals surface area contributed by atoms with Crippen LogP contribution < -0.4 is 5.32 Å². The second-order valence-corrected chi connectivity index (χ2v) is 6.33.